The smallest absolute Gasteiger partial charge is 0.273 e. The van der Waals surface area contributed by atoms with Crippen LogP contribution in [0.25, 0.3) is 0 Å². The summed E-state index contributed by atoms with van der Waals surface area (Å²) in [6, 6.07) is 10.3. The van der Waals surface area contributed by atoms with Gasteiger partial charge in [0, 0.05) is 18.3 Å². The van der Waals surface area contributed by atoms with Crippen molar-refractivity contribution in [2.24, 2.45) is 11.7 Å². The van der Waals surface area contributed by atoms with Gasteiger partial charge in [0.15, 0.2) is 0 Å². The van der Waals surface area contributed by atoms with Crippen molar-refractivity contribution in [3.05, 3.63) is 52.0 Å². The van der Waals surface area contributed by atoms with E-state index in [4.69, 9.17) is 5.73 Å². The molecule has 1 fully saturated rings. The topological polar surface area (TPSA) is 59.2 Å². The second-order valence-electron chi connectivity index (χ2n) is 6.51. The normalized spacial score (nSPS) is 15.8. The molecule has 3 rings (SSSR count). The molecule has 1 amide bonds. The van der Waals surface area contributed by atoms with Crippen LogP contribution in [0, 0.1) is 5.92 Å². The van der Waals surface area contributed by atoms with Gasteiger partial charge in [-0.2, -0.15) is 0 Å². The molecule has 1 heterocycles. The summed E-state index contributed by atoms with van der Waals surface area (Å²) < 4.78 is 0. The van der Waals surface area contributed by atoms with E-state index in [1.807, 2.05) is 28.5 Å². The van der Waals surface area contributed by atoms with Gasteiger partial charge in [0.2, 0.25) is 0 Å². The third kappa shape index (κ3) is 3.84. The van der Waals surface area contributed by atoms with Gasteiger partial charge >= 0.3 is 0 Å². The molecule has 0 bridgehead atoms. The molecule has 5 heteroatoms. The van der Waals surface area contributed by atoms with E-state index in [0.29, 0.717) is 18.2 Å². The lowest BCUT2D eigenvalue weighted by Crippen LogP contribution is -2.39. The van der Waals surface area contributed by atoms with Crippen molar-refractivity contribution in [3.63, 3.8) is 0 Å². The lowest BCUT2D eigenvalue weighted by atomic mass is 9.84. The number of carbonyl (C=O) groups is 1. The fourth-order valence-electron chi connectivity index (χ4n) is 3.08. The molecule has 1 unspecified atom stereocenters. The minimum atomic E-state index is 0.0396. The Hall–Kier alpha value is -1.72. The highest BCUT2D eigenvalue weighted by atomic mass is 32.1. The van der Waals surface area contributed by atoms with Crippen LogP contribution in [-0.2, 0) is 6.42 Å². The molecule has 0 radical (unpaired) electrons. The highest BCUT2D eigenvalue weighted by Gasteiger charge is 2.29. The SMILES string of the molecule is CC(c1ccccc1)N(CC1CCC1)C(=O)c1csc(CCN)n1. The molecule has 0 spiro atoms. The molecule has 0 saturated heterocycles. The first-order valence-electron chi connectivity index (χ1n) is 8.69. The number of aromatic nitrogens is 1. The number of carbonyl (C=O) groups excluding carboxylic acids is 1. The predicted octanol–water partition coefficient (Wildman–Crippen LogP) is 3.65. The highest BCUT2D eigenvalue weighted by Crippen LogP contribution is 2.31. The quantitative estimate of drug-likeness (QED) is 0.835. The zero-order valence-electron chi connectivity index (χ0n) is 14.1. The summed E-state index contributed by atoms with van der Waals surface area (Å²) in [7, 11) is 0. The Morgan fingerprint density at radius 3 is 2.75 bits per heavy atom. The number of benzene rings is 1. The number of hydrogen-bond donors (Lipinski definition) is 1. The van der Waals surface area contributed by atoms with Crippen LogP contribution in [0.1, 0.15) is 53.3 Å². The zero-order chi connectivity index (χ0) is 16.9. The van der Waals surface area contributed by atoms with Crippen LogP contribution in [0.5, 0.6) is 0 Å². The third-order valence-corrected chi connectivity index (χ3v) is 5.73. The Bertz CT molecular complexity index is 666. The molecular formula is C19H25N3OS. The fraction of sp³-hybridized carbons (Fsp3) is 0.474. The molecule has 1 aliphatic rings. The first-order valence-corrected chi connectivity index (χ1v) is 9.57. The summed E-state index contributed by atoms with van der Waals surface area (Å²) in [5, 5.41) is 2.82. The lowest BCUT2D eigenvalue weighted by Gasteiger charge is -2.36. The Labute approximate surface area is 147 Å². The van der Waals surface area contributed by atoms with Gasteiger partial charge in [0.1, 0.15) is 5.69 Å². The number of nitrogens with zero attached hydrogens (tertiary/aromatic N) is 2. The Kier molecular flexibility index (Phi) is 5.63. The number of nitrogens with two attached hydrogens (primary N) is 1. The molecule has 2 N–H and O–H groups in total. The number of amides is 1. The molecule has 24 heavy (non-hydrogen) atoms. The van der Waals surface area contributed by atoms with Crippen LogP contribution in [-0.4, -0.2) is 28.9 Å². The van der Waals surface area contributed by atoms with Gasteiger partial charge in [0.05, 0.1) is 11.0 Å². The molecule has 1 atom stereocenters. The summed E-state index contributed by atoms with van der Waals surface area (Å²) >= 11 is 1.53. The second kappa shape index (κ2) is 7.90. The summed E-state index contributed by atoms with van der Waals surface area (Å²) in [5.74, 6) is 0.667. The minimum Gasteiger partial charge on any atom is -0.330 e. The van der Waals surface area contributed by atoms with Gasteiger partial charge < -0.3 is 10.6 Å². The number of hydrogen-bond acceptors (Lipinski definition) is 4. The zero-order valence-corrected chi connectivity index (χ0v) is 15.0. The maximum atomic E-state index is 13.1. The maximum absolute atomic E-state index is 13.1. The van der Waals surface area contributed by atoms with E-state index in [1.54, 1.807) is 0 Å². The van der Waals surface area contributed by atoms with Crippen molar-refractivity contribution in [2.75, 3.05) is 13.1 Å². The van der Waals surface area contributed by atoms with Gasteiger partial charge in [-0.1, -0.05) is 36.8 Å². The third-order valence-electron chi connectivity index (χ3n) is 4.82. The molecule has 1 aromatic carbocycles. The van der Waals surface area contributed by atoms with Crippen LogP contribution in [0.2, 0.25) is 0 Å². The van der Waals surface area contributed by atoms with Gasteiger partial charge in [-0.25, -0.2) is 4.98 Å². The average Bonchev–Trinajstić information content (AvgIpc) is 3.03. The maximum Gasteiger partial charge on any atom is 0.273 e. The van der Waals surface area contributed by atoms with E-state index < -0.39 is 0 Å². The van der Waals surface area contributed by atoms with Crippen molar-refractivity contribution in [1.29, 1.82) is 0 Å². The van der Waals surface area contributed by atoms with Crippen LogP contribution >= 0.6 is 11.3 Å². The fourth-order valence-corrected chi connectivity index (χ4v) is 3.86. The van der Waals surface area contributed by atoms with Crippen LogP contribution in [0.15, 0.2) is 35.7 Å². The highest BCUT2D eigenvalue weighted by molar-refractivity contribution is 7.09. The first-order chi connectivity index (χ1) is 11.7. The first kappa shape index (κ1) is 17.1. The van der Waals surface area contributed by atoms with Gasteiger partial charge in [-0.15, -0.1) is 11.3 Å². The largest absolute Gasteiger partial charge is 0.330 e. The van der Waals surface area contributed by atoms with Crippen LogP contribution in [0.3, 0.4) is 0 Å². The Morgan fingerprint density at radius 1 is 1.38 bits per heavy atom. The second-order valence-corrected chi connectivity index (χ2v) is 7.45. The summed E-state index contributed by atoms with van der Waals surface area (Å²) in [4.78, 5) is 19.6. The molecular weight excluding hydrogens is 318 g/mol. The van der Waals surface area contributed by atoms with E-state index >= 15 is 0 Å². The molecule has 4 nitrogen and oxygen atoms in total. The number of rotatable bonds is 7. The molecule has 1 saturated carbocycles. The molecule has 1 aromatic heterocycles. The Balaban J connectivity index is 1.81. The van der Waals surface area contributed by atoms with Crippen molar-refractivity contribution in [1.82, 2.24) is 9.88 Å². The van der Waals surface area contributed by atoms with Crippen molar-refractivity contribution in [3.8, 4) is 0 Å². The Morgan fingerprint density at radius 2 is 2.12 bits per heavy atom. The van der Waals surface area contributed by atoms with E-state index in [-0.39, 0.29) is 11.9 Å². The van der Waals surface area contributed by atoms with Crippen LogP contribution < -0.4 is 5.73 Å². The van der Waals surface area contributed by atoms with E-state index in [0.717, 1.165) is 18.0 Å². The number of thiazole rings is 1. The molecule has 0 aliphatic heterocycles. The minimum absolute atomic E-state index is 0.0396. The predicted molar refractivity (Wildman–Crippen MR) is 98.1 cm³/mol. The van der Waals surface area contributed by atoms with E-state index in [2.05, 4.69) is 24.0 Å². The monoisotopic (exact) mass is 343 g/mol. The standard InChI is InChI=1S/C19H25N3OS/c1-14(16-8-3-2-4-9-16)22(12-15-6-5-7-15)19(23)17-13-24-18(21-17)10-11-20/h2-4,8-9,13-15H,5-7,10-12,20H2,1H3. The van der Waals surface area contributed by atoms with Gasteiger partial charge in [-0.05, 0) is 37.8 Å². The van der Waals surface area contributed by atoms with E-state index in [9.17, 15) is 4.79 Å². The van der Waals surface area contributed by atoms with Crippen molar-refractivity contribution >= 4 is 17.2 Å². The van der Waals surface area contributed by atoms with Gasteiger partial charge in [-0.3, -0.25) is 4.79 Å². The summed E-state index contributed by atoms with van der Waals surface area (Å²) in [6.07, 6.45) is 4.46. The van der Waals surface area contributed by atoms with E-state index in [1.165, 1.54) is 36.2 Å². The van der Waals surface area contributed by atoms with Crippen molar-refractivity contribution < 1.29 is 4.79 Å². The molecule has 1 aliphatic carbocycles. The molecule has 2 aromatic rings. The van der Waals surface area contributed by atoms with Crippen LogP contribution in [0.4, 0.5) is 0 Å². The van der Waals surface area contributed by atoms with Gasteiger partial charge in [0.25, 0.3) is 5.91 Å². The lowest BCUT2D eigenvalue weighted by molar-refractivity contribution is 0.0608. The van der Waals surface area contributed by atoms with Crippen molar-refractivity contribution in [2.45, 2.75) is 38.6 Å². The molecule has 128 valence electrons. The average molecular weight is 343 g/mol. The summed E-state index contributed by atoms with van der Waals surface area (Å²) in [5.41, 5.74) is 7.32. The summed E-state index contributed by atoms with van der Waals surface area (Å²) in [6.45, 7) is 3.49.